The van der Waals surface area contributed by atoms with Gasteiger partial charge in [0.2, 0.25) is 0 Å². The van der Waals surface area contributed by atoms with Gasteiger partial charge in [0, 0.05) is 10.4 Å². The first-order valence-electron chi connectivity index (χ1n) is 4.32. The minimum Gasteiger partial charge on any atom is -0.354 e. The van der Waals surface area contributed by atoms with Crippen molar-refractivity contribution in [2.45, 2.75) is 6.54 Å². The predicted molar refractivity (Wildman–Crippen MR) is 56.3 cm³/mol. The Bertz CT molecular complexity index is 361. The molecule has 1 heterocycles. The lowest BCUT2D eigenvalue weighted by molar-refractivity contribution is -0.386. The largest absolute Gasteiger partial charge is 0.354 e. The zero-order chi connectivity index (χ0) is 9.10. The molecular weight excluding hydrogens is 178 g/mol. The molecule has 0 atom stereocenters. The van der Waals surface area contributed by atoms with Crippen molar-refractivity contribution in [2.24, 2.45) is 0 Å². The molecule has 13 heavy (non-hydrogen) atoms. The standard InChI is InChI=1S/C11H11NS/c12-8-9-3-5-10(6-4-9)11-2-1-7-13-11/h1-7H,8,12H2/p+1. The Hall–Kier alpha value is -1.12. The topological polar surface area (TPSA) is 27.6 Å². The maximum absolute atomic E-state index is 3.85. The molecule has 0 bridgehead atoms. The smallest absolute Gasteiger partial charge is 0.0997 e. The van der Waals surface area contributed by atoms with Crippen molar-refractivity contribution in [1.82, 2.24) is 0 Å². The van der Waals surface area contributed by atoms with E-state index in [2.05, 4.69) is 47.5 Å². The van der Waals surface area contributed by atoms with Gasteiger partial charge in [0.05, 0.1) is 6.54 Å². The van der Waals surface area contributed by atoms with Gasteiger partial charge < -0.3 is 5.73 Å². The summed E-state index contributed by atoms with van der Waals surface area (Å²) in [5.74, 6) is 0. The van der Waals surface area contributed by atoms with Crippen molar-refractivity contribution in [3.63, 3.8) is 0 Å². The summed E-state index contributed by atoms with van der Waals surface area (Å²) in [5, 5.41) is 2.10. The number of hydrogen-bond acceptors (Lipinski definition) is 1. The molecule has 2 heteroatoms. The molecule has 0 unspecified atom stereocenters. The van der Waals surface area contributed by atoms with Crippen LogP contribution in [0.15, 0.2) is 41.8 Å². The van der Waals surface area contributed by atoms with E-state index in [0.29, 0.717) is 0 Å². The first-order chi connectivity index (χ1) is 6.40. The van der Waals surface area contributed by atoms with Crippen LogP contribution in [0.3, 0.4) is 0 Å². The second-order valence-electron chi connectivity index (χ2n) is 2.92. The third-order valence-electron chi connectivity index (χ3n) is 2.05. The summed E-state index contributed by atoms with van der Waals surface area (Å²) >= 11 is 1.77. The molecule has 2 rings (SSSR count). The summed E-state index contributed by atoms with van der Waals surface area (Å²) in [4.78, 5) is 1.33. The molecule has 0 amide bonds. The van der Waals surface area contributed by atoms with Gasteiger partial charge in [-0.25, -0.2) is 0 Å². The zero-order valence-corrected chi connectivity index (χ0v) is 8.18. The van der Waals surface area contributed by atoms with E-state index in [4.69, 9.17) is 0 Å². The molecule has 1 nitrogen and oxygen atoms in total. The van der Waals surface area contributed by atoms with E-state index in [1.54, 1.807) is 11.3 Å². The second-order valence-corrected chi connectivity index (χ2v) is 3.87. The fraction of sp³-hybridized carbons (Fsp3) is 0.0909. The molecule has 1 aromatic carbocycles. The van der Waals surface area contributed by atoms with E-state index >= 15 is 0 Å². The van der Waals surface area contributed by atoms with Gasteiger partial charge in [-0.1, -0.05) is 30.3 Å². The number of quaternary nitrogens is 1. The molecule has 0 saturated carbocycles. The Morgan fingerprint density at radius 2 is 1.85 bits per heavy atom. The average molecular weight is 190 g/mol. The van der Waals surface area contributed by atoms with Crippen LogP contribution >= 0.6 is 11.3 Å². The molecule has 3 N–H and O–H groups in total. The summed E-state index contributed by atoms with van der Waals surface area (Å²) in [6, 6.07) is 12.8. The fourth-order valence-electron chi connectivity index (χ4n) is 1.28. The quantitative estimate of drug-likeness (QED) is 0.751. The summed E-state index contributed by atoms with van der Waals surface area (Å²) in [5.41, 5.74) is 6.44. The monoisotopic (exact) mass is 190 g/mol. The molecule has 0 spiro atoms. The minimum atomic E-state index is 0.866. The van der Waals surface area contributed by atoms with Crippen LogP contribution in [0.4, 0.5) is 0 Å². The van der Waals surface area contributed by atoms with Crippen molar-refractivity contribution in [3.8, 4) is 10.4 Å². The highest BCUT2D eigenvalue weighted by Crippen LogP contribution is 2.24. The van der Waals surface area contributed by atoms with Gasteiger partial charge in [0.25, 0.3) is 0 Å². The van der Waals surface area contributed by atoms with E-state index < -0.39 is 0 Å². The van der Waals surface area contributed by atoms with Crippen molar-refractivity contribution >= 4 is 11.3 Å². The molecule has 0 radical (unpaired) electrons. The SMILES string of the molecule is [NH3+]Cc1ccc(-c2cccs2)cc1. The Balaban J connectivity index is 2.33. The van der Waals surface area contributed by atoms with Gasteiger partial charge in [-0.2, -0.15) is 0 Å². The van der Waals surface area contributed by atoms with Crippen LogP contribution in [0.1, 0.15) is 5.56 Å². The van der Waals surface area contributed by atoms with Crippen molar-refractivity contribution in [3.05, 3.63) is 47.3 Å². The van der Waals surface area contributed by atoms with E-state index in [1.165, 1.54) is 16.0 Å². The van der Waals surface area contributed by atoms with E-state index in [0.717, 1.165) is 6.54 Å². The molecule has 0 aliphatic heterocycles. The Kier molecular flexibility index (Phi) is 2.43. The second kappa shape index (κ2) is 3.73. The van der Waals surface area contributed by atoms with Crippen LogP contribution in [0.25, 0.3) is 10.4 Å². The van der Waals surface area contributed by atoms with Crippen molar-refractivity contribution in [1.29, 1.82) is 0 Å². The number of hydrogen-bond donors (Lipinski definition) is 1. The van der Waals surface area contributed by atoms with Gasteiger partial charge >= 0.3 is 0 Å². The van der Waals surface area contributed by atoms with Crippen molar-refractivity contribution < 1.29 is 5.73 Å². The Labute approximate surface area is 81.8 Å². The highest BCUT2D eigenvalue weighted by Gasteiger charge is 1.97. The van der Waals surface area contributed by atoms with Gasteiger partial charge in [-0.05, 0) is 17.0 Å². The van der Waals surface area contributed by atoms with E-state index in [-0.39, 0.29) is 0 Å². The molecule has 1 aromatic heterocycles. The van der Waals surface area contributed by atoms with Crippen LogP contribution in [0.2, 0.25) is 0 Å². The summed E-state index contributed by atoms with van der Waals surface area (Å²) < 4.78 is 0. The van der Waals surface area contributed by atoms with Gasteiger partial charge in [-0.3, -0.25) is 0 Å². The molecule has 66 valence electrons. The maximum atomic E-state index is 3.85. The number of thiophene rings is 1. The van der Waals surface area contributed by atoms with E-state index in [9.17, 15) is 0 Å². The lowest BCUT2D eigenvalue weighted by Crippen LogP contribution is -2.47. The van der Waals surface area contributed by atoms with Crippen LogP contribution in [-0.2, 0) is 6.54 Å². The average Bonchev–Trinajstić information content (AvgIpc) is 2.71. The zero-order valence-electron chi connectivity index (χ0n) is 7.36. The lowest BCUT2D eigenvalue weighted by atomic mass is 10.1. The summed E-state index contributed by atoms with van der Waals surface area (Å²) in [7, 11) is 0. The highest BCUT2D eigenvalue weighted by molar-refractivity contribution is 7.13. The summed E-state index contributed by atoms with van der Waals surface area (Å²) in [6.45, 7) is 0.866. The molecule has 0 aliphatic rings. The Morgan fingerprint density at radius 3 is 2.38 bits per heavy atom. The molecule has 0 saturated heterocycles. The maximum Gasteiger partial charge on any atom is 0.0997 e. The molecule has 0 fully saturated rings. The first kappa shape index (κ1) is 8.48. The third-order valence-corrected chi connectivity index (χ3v) is 2.97. The fourth-order valence-corrected chi connectivity index (χ4v) is 2.01. The van der Waals surface area contributed by atoms with Crippen LogP contribution in [0.5, 0.6) is 0 Å². The van der Waals surface area contributed by atoms with Crippen LogP contribution < -0.4 is 5.73 Å². The minimum absolute atomic E-state index is 0.866. The molecule has 0 aliphatic carbocycles. The number of rotatable bonds is 2. The van der Waals surface area contributed by atoms with Gasteiger partial charge in [0.1, 0.15) is 0 Å². The number of benzene rings is 1. The first-order valence-corrected chi connectivity index (χ1v) is 5.20. The molecule has 2 aromatic rings. The summed E-state index contributed by atoms with van der Waals surface area (Å²) in [6.07, 6.45) is 0. The third kappa shape index (κ3) is 1.79. The Morgan fingerprint density at radius 1 is 1.08 bits per heavy atom. The van der Waals surface area contributed by atoms with Crippen LogP contribution in [0, 0.1) is 0 Å². The van der Waals surface area contributed by atoms with E-state index in [1.807, 2.05) is 0 Å². The normalized spacial score (nSPS) is 10.2. The lowest BCUT2D eigenvalue weighted by Gasteiger charge is -1.97. The van der Waals surface area contributed by atoms with Crippen molar-refractivity contribution in [2.75, 3.05) is 0 Å². The predicted octanol–water partition coefficient (Wildman–Crippen LogP) is 2.16. The van der Waals surface area contributed by atoms with Gasteiger partial charge in [0.15, 0.2) is 0 Å². The molecular formula is C11H12NS+. The highest BCUT2D eigenvalue weighted by atomic mass is 32.1. The van der Waals surface area contributed by atoms with Crippen LogP contribution in [-0.4, -0.2) is 0 Å². The van der Waals surface area contributed by atoms with Gasteiger partial charge in [-0.15, -0.1) is 11.3 Å².